The van der Waals surface area contributed by atoms with E-state index in [2.05, 4.69) is 47.6 Å². The van der Waals surface area contributed by atoms with Gasteiger partial charge >= 0.3 is 0 Å². The number of piperidine rings is 1. The number of likely N-dealkylation sites (tertiary alicyclic amines) is 1. The van der Waals surface area contributed by atoms with E-state index in [0.717, 1.165) is 6.04 Å². The van der Waals surface area contributed by atoms with Crippen molar-refractivity contribution in [1.82, 2.24) is 10.2 Å². The molecule has 100 valence electrons. The second kappa shape index (κ2) is 7.55. The standard InChI is InChI=1S/C16H26N2/c1-17-16-10-13-18(14-11-16)12-6-5-9-15-7-3-2-4-8-15/h2-4,7-8,16-17H,5-6,9-14H2,1H3. The maximum Gasteiger partial charge on any atom is 0.00884 e. The Morgan fingerprint density at radius 1 is 1.11 bits per heavy atom. The predicted octanol–water partition coefficient (Wildman–Crippen LogP) is 2.69. The Balaban J connectivity index is 1.56. The molecule has 1 aromatic rings. The highest BCUT2D eigenvalue weighted by Crippen LogP contribution is 2.11. The molecule has 2 nitrogen and oxygen atoms in total. The van der Waals surface area contributed by atoms with Crippen molar-refractivity contribution in [2.75, 3.05) is 26.7 Å². The van der Waals surface area contributed by atoms with E-state index in [0.29, 0.717) is 0 Å². The lowest BCUT2D eigenvalue weighted by Gasteiger charge is -2.31. The fraction of sp³-hybridized carbons (Fsp3) is 0.625. The fourth-order valence-corrected chi connectivity index (χ4v) is 2.75. The van der Waals surface area contributed by atoms with Crippen LogP contribution in [0.3, 0.4) is 0 Å². The molecule has 1 saturated heterocycles. The summed E-state index contributed by atoms with van der Waals surface area (Å²) in [5.74, 6) is 0. The van der Waals surface area contributed by atoms with Crippen LogP contribution in [-0.2, 0) is 6.42 Å². The molecule has 0 atom stereocenters. The molecule has 2 heteroatoms. The van der Waals surface area contributed by atoms with Crippen LogP contribution in [0.2, 0.25) is 0 Å². The average molecular weight is 246 g/mol. The zero-order valence-corrected chi connectivity index (χ0v) is 11.6. The van der Waals surface area contributed by atoms with Crippen LogP contribution in [0.5, 0.6) is 0 Å². The smallest absolute Gasteiger partial charge is 0.00884 e. The van der Waals surface area contributed by atoms with Crippen molar-refractivity contribution in [3.05, 3.63) is 35.9 Å². The van der Waals surface area contributed by atoms with E-state index < -0.39 is 0 Å². The lowest BCUT2D eigenvalue weighted by molar-refractivity contribution is 0.199. The first-order valence-electron chi connectivity index (χ1n) is 7.32. The summed E-state index contributed by atoms with van der Waals surface area (Å²) in [7, 11) is 2.08. The molecule has 1 aliphatic rings. The molecule has 0 amide bonds. The number of aryl methyl sites for hydroxylation is 1. The summed E-state index contributed by atoms with van der Waals surface area (Å²) in [6.45, 7) is 3.83. The molecule has 18 heavy (non-hydrogen) atoms. The van der Waals surface area contributed by atoms with Crippen LogP contribution in [0.4, 0.5) is 0 Å². The first kappa shape index (κ1) is 13.6. The minimum atomic E-state index is 0.755. The van der Waals surface area contributed by atoms with Crippen molar-refractivity contribution >= 4 is 0 Å². The summed E-state index contributed by atoms with van der Waals surface area (Å²) < 4.78 is 0. The minimum Gasteiger partial charge on any atom is -0.317 e. The van der Waals surface area contributed by atoms with Gasteiger partial charge in [0.15, 0.2) is 0 Å². The third-order valence-corrected chi connectivity index (χ3v) is 4.03. The maximum absolute atomic E-state index is 3.39. The zero-order valence-electron chi connectivity index (χ0n) is 11.6. The monoisotopic (exact) mass is 246 g/mol. The molecule has 0 bridgehead atoms. The Labute approximate surface area is 111 Å². The van der Waals surface area contributed by atoms with Crippen LogP contribution in [-0.4, -0.2) is 37.6 Å². The lowest BCUT2D eigenvalue weighted by Crippen LogP contribution is -2.41. The summed E-state index contributed by atoms with van der Waals surface area (Å²) in [5.41, 5.74) is 1.48. The lowest BCUT2D eigenvalue weighted by atomic mass is 10.0. The number of hydrogen-bond acceptors (Lipinski definition) is 2. The largest absolute Gasteiger partial charge is 0.317 e. The molecule has 0 radical (unpaired) electrons. The molecule has 1 aliphatic heterocycles. The second-order valence-electron chi connectivity index (χ2n) is 5.35. The zero-order chi connectivity index (χ0) is 12.6. The highest BCUT2D eigenvalue weighted by molar-refractivity contribution is 5.14. The van der Waals surface area contributed by atoms with Crippen LogP contribution < -0.4 is 5.32 Å². The predicted molar refractivity (Wildman–Crippen MR) is 77.9 cm³/mol. The van der Waals surface area contributed by atoms with E-state index in [-0.39, 0.29) is 0 Å². The van der Waals surface area contributed by atoms with Gasteiger partial charge in [-0.15, -0.1) is 0 Å². The number of nitrogens with zero attached hydrogens (tertiary/aromatic N) is 1. The SMILES string of the molecule is CNC1CCN(CCCCc2ccccc2)CC1. The van der Waals surface area contributed by atoms with Gasteiger partial charge in [0.05, 0.1) is 0 Å². The number of rotatable bonds is 6. The van der Waals surface area contributed by atoms with Crippen molar-refractivity contribution in [3.8, 4) is 0 Å². The van der Waals surface area contributed by atoms with Gasteiger partial charge in [-0.2, -0.15) is 0 Å². The van der Waals surface area contributed by atoms with Gasteiger partial charge < -0.3 is 10.2 Å². The molecule has 0 spiro atoms. The third-order valence-electron chi connectivity index (χ3n) is 4.03. The van der Waals surface area contributed by atoms with Gasteiger partial charge in [-0.3, -0.25) is 0 Å². The molecule has 2 rings (SSSR count). The molecule has 1 fully saturated rings. The fourth-order valence-electron chi connectivity index (χ4n) is 2.75. The van der Waals surface area contributed by atoms with Crippen LogP contribution >= 0.6 is 0 Å². The Morgan fingerprint density at radius 2 is 1.83 bits per heavy atom. The highest BCUT2D eigenvalue weighted by Gasteiger charge is 2.16. The van der Waals surface area contributed by atoms with E-state index in [1.807, 2.05) is 0 Å². The van der Waals surface area contributed by atoms with Gasteiger partial charge in [-0.1, -0.05) is 30.3 Å². The number of unbranched alkanes of at least 4 members (excludes halogenated alkanes) is 1. The van der Waals surface area contributed by atoms with Crippen molar-refractivity contribution in [3.63, 3.8) is 0 Å². The summed E-state index contributed by atoms with van der Waals surface area (Å²) in [6.07, 6.45) is 6.51. The van der Waals surface area contributed by atoms with Crippen LogP contribution in [0.1, 0.15) is 31.2 Å². The summed E-state index contributed by atoms with van der Waals surface area (Å²) in [6, 6.07) is 11.6. The van der Waals surface area contributed by atoms with Gasteiger partial charge in [-0.25, -0.2) is 0 Å². The van der Waals surface area contributed by atoms with Crippen molar-refractivity contribution in [2.24, 2.45) is 0 Å². The second-order valence-corrected chi connectivity index (χ2v) is 5.35. The topological polar surface area (TPSA) is 15.3 Å². The molecular weight excluding hydrogens is 220 g/mol. The Kier molecular flexibility index (Phi) is 5.69. The normalized spacial score (nSPS) is 18.1. The molecule has 1 heterocycles. The van der Waals surface area contributed by atoms with E-state index in [4.69, 9.17) is 0 Å². The van der Waals surface area contributed by atoms with E-state index in [9.17, 15) is 0 Å². The molecule has 0 aromatic heterocycles. The number of hydrogen-bond donors (Lipinski definition) is 1. The van der Waals surface area contributed by atoms with E-state index in [1.54, 1.807) is 0 Å². The quantitative estimate of drug-likeness (QED) is 0.776. The highest BCUT2D eigenvalue weighted by atomic mass is 15.1. The van der Waals surface area contributed by atoms with Gasteiger partial charge in [0.1, 0.15) is 0 Å². The van der Waals surface area contributed by atoms with Crippen LogP contribution in [0.15, 0.2) is 30.3 Å². The molecule has 1 N–H and O–H groups in total. The molecule has 0 aliphatic carbocycles. The van der Waals surface area contributed by atoms with E-state index >= 15 is 0 Å². The molecule has 1 aromatic carbocycles. The molecular formula is C16H26N2. The first-order chi connectivity index (χ1) is 8.88. The van der Waals surface area contributed by atoms with Gasteiger partial charge in [0, 0.05) is 6.04 Å². The maximum atomic E-state index is 3.39. The third kappa shape index (κ3) is 4.43. The summed E-state index contributed by atoms with van der Waals surface area (Å²) in [5, 5.41) is 3.39. The van der Waals surface area contributed by atoms with Gasteiger partial charge in [0.25, 0.3) is 0 Å². The molecule has 0 unspecified atom stereocenters. The van der Waals surface area contributed by atoms with Crippen molar-refractivity contribution < 1.29 is 0 Å². The summed E-state index contributed by atoms with van der Waals surface area (Å²) in [4.78, 5) is 2.62. The Bertz CT molecular complexity index is 315. The average Bonchev–Trinajstić information content (AvgIpc) is 2.45. The van der Waals surface area contributed by atoms with Crippen molar-refractivity contribution in [2.45, 2.75) is 38.1 Å². The summed E-state index contributed by atoms with van der Waals surface area (Å²) >= 11 is 0. The van der Waals surface area contributed by atoms with Gasteiger partial charge in [0.2, 0.25) is 0 Å². The van der Waals surface area contributed by atoms with Gasteiger partial charge in [-0.05, 0) is 64.3 Å². The van der Waals surface area contributed by atoms with Crippen molar-refractivity contribution in [1.29, 1.82) is 0 Å². The molecule has 0 saturated carbocycles. The number of benzene rings is 1. The number of nitrogens with one attached hydrogen (secondary N) is 1. The van der Waals surface area contributed by atoms with E-state index in [1.165, 1.54) is 57.3 Å². The Hall–Kier alpha value is -0.860. The van der Waals surface area contributed by atoms with Crippen LogP contribution in [0, 0.1) is 0 Å². The Morgan fingerprint density at radius 3 is 2.50 bits per heavy atom. The minimum absolute atomic E-state index is 0.755. The van der Waals surface area contributed by atoms with Crippen LogP contribution in [0.25, 0.3) is 0 Å². The first-order valence-corrected chi connectivity index (χ1v) is 7.32.